The van der Waals surface area contributed by atoms with Crippen LogP contribution in [-0.2, 0) is 6.42 Å². The van der Waals surface area contributed by atoms with Gasteiger partial charge in [-0.1, -0.05) is 11.8 Å². The van der Waals surface area contributed by atoms with Crippen molar-refractivity contribution < 1.29 is 0 Å². The van der Waals surface area contributed by atoms with Crippen LogP contribution in [0.3, 0.4) is 0 Å². The van der Waals surface area contributed by atoms with Crippen molar-refractivity contribution in [3.63, 3.8) is 0 Å². The van der Waals surface area contributed by atoms with Crippen LogP contribution in [0.25, 0.3) is 0 Å². The lowest BCUT2D eigenvalue weighted by Gasteiger charge is -2.13. The van der Waals surface area contributed by atoms with E-state index in [9.17, 15) is 0 Å². The van der Waals surface area contributed by atoms with Crippen LogP contribution in [-0.4, -0.2) is 46.9 Å². The van der Waals surface area contributed by atoms with Gasteiger partial charge in [0.15, 0.2) is 5.17 Å². The molecule has 1 aromatic heterocycles. The van der Waals surface area contributed by atoms with Gasteiger partial charge in [-0.2, -0.15) is 0 Å². The molecule has 0 saturated carbocycles. The smallest absolute Gasteiger partial charge is 0.158 e. The van der Waals surface area contributed by atoms with Crippen LogP contribution in [0.5, 0.6) is 0 Å². The molecule has 0 atom stereocenters. The summed E-state index contributed by atoms with van der Waals surface area (Å²) in [6.07, 6.45) is 4.57. The number of nitrogens with zero attached hydrogens (tertiary/aromatic N) is 3. The average Bonchev–Trinajstić information content (AvgIpc) is 2.64. The van der Waals surface area contributed by atoms with Crippen molar-refractivity contribution in [1.82, 2.24) is 14.9 Å². The van der Waals surface area contributed by atoms with E-state index in [4.69, 9.17) is 0 Å². The number of hydrogen-bond donors (Lipinski definition) is 1. The molecular formula is C9H16N4S. The molecule has 0 aromatic carbocycles. The maximum Gasteiger partial charge on any atom is 0.158 e. The maximum atomic E-state index is 4.19. The summed E-state index contributed by atoms with van der Waals surface area (Å²) in [6.45, 7) is 0. The van der Waals surface area contributed by atoms with Crippen LogP contribution in [0.2, 0.25) is 0 Å². The lowest BCUT2D eigenvalue weighted by molar-refractivity contribution is 0.635. The van der Waals surface area contributed by atoms with E-state index in [0.717, 1.165) is 17.3 Å². The molecule has 1 aromatic rings. The molecule has 14 heavy (non-hydrogen) atoms. The fraction of sp³-hybridized carbons (Fsp3) is 0.556. The van der Waals surface area contributed by atoms with Gasteiger partial charge in [0, 0.05) is 38.8 Å². The summed E-state index contributed by atoms with van der Waals surface area (Å²) in [6, 6.07) is 0. The largest absolute Gasteiger partial charge is 0.358 e. The average molecular weight is 212 g/mol. The standard InChI is InChI=1S/C9H16N4S/c1-10-9(13(2)3)14-5-4-8-6-11-7-12-8/h6-7H,4-5H2,1-3H3,(H,11,12). The highest BCUT2D eigenvalue weighted by Crippen LogP contribution is 2.08. The predicted molar refractivity (Wildman–Crippen MR) is 61.8 cm³/mol. The van der Waals surface area contributed by atoms with Crippen molar-refractivity contribution in [1.29, 1.82) is 0 Å². The van der Waals surface area contributed by atoms with Gasteiger partial charge in [-0.15, -0.1) is 0 Å². The molecule has 0 saturated heterocycles. The first kappa shape index (κ1) is 11.1. The fourth-order valence-corrected chi connectivity index (χ4v) is 1.96. The minimum absolute atomic E-state index is 0.998. The van der Waals surface area contributed by atoms with E-state index < -0.39 is 0 Å². The first-order valence-electron chi connectivity index (χ1n) is 4.48. The number of rotatable bonds is 3. The second kappa shape index (κ2) is 5.70. The summed E-state index contributed by atoms with van der Waals surface area (Å²) < 4.78 is 0. The van der Waals surface area contributed by atoms with Crippen molar-refractivity contribution in [3.8, 4) is 0 Å². The normalized spacial score (nSPS) is 11.8. The lowest BCUT2D eigenvalue weighted by atomic mass is 10.4. The molecule has 0 radical (unpaired) electrons. The van der Waals surface area contributed by atoms with Crippen molar-refractivity contribution in [2.75, 3.05) is 26.9 Å². The zero-order valence-electron chi connectivity index (χ0n) is 8.82. The van der Waals surface area contributed by atoms with Gasteiger partial charge < -0.3 is 9.88 Å². The fourth-order valence-electron chi connectivity index (χ4n) is 1.07. The second-order valence-corrected chi connectivity index (χ2v) is 4.14. The van der Waals surface area contributed by atoms with Gasteiger partial charge in [0.2, 0.25) is 0 Å². The van der Waals surface area contributed by atoms with E-state index in [-0.39, 0.29) is 0 Å². The summed E-state index contributed by atoms with van der Waals surface area (Å²) in [5.41, 5.74) is 1.17. The lowest BCUT2D eigenvalue weighted by Crippen LogP contribution is -2.19. The molecule has 0 aliphatic carbocycles. The Labute approximate surface area is 88.8 Å². The van der Waals surface area contributed by atoms with Crippen molar-refractivity contribution in [2.24, 2.45) is 4.99 Å². The third-order valence-electron chi connectivity index (χ3n) is 1.73. The summed E-state index contributed by atoms with van der Waals surface area (Å²) >= 11 is 1.76. The van der Waals surface area contributed by atoms with Gasteiger partial charge in [-0.25, -0.2) is 4.98 Å². The Balaban J connectivity index is 2.27. The highest BCUT2D eigenvalue weighted by molar-refractivity contribution is 8.13. The number of nitrogens with one attached hydrogen (secondary N) is 1. The molecule has 0 amide bonds. The SMILES string of the molecule is CN=C(SCCc1cnc[nH]1)N(C)C. The summed E-state index contributed by atoms with van der Waals surface area (Å²) in [5, 5.41) is 1.06. The first-order chi connectivity index (χ1) is 6.74. The van der Waals surface area contributed by atoms with Crippen LogP contribution in [0.15, 0.2) is 17.5 Å². The Morgan fingerprint density at radius 2 is 2.43 bits per heavy atom. The molecule has 1 N–H and O–H groups in total. The monoisotopic (exact) mass is 212 g/mol. The molecule has 0 aliphatic rings. The zero-order chi connectivity index (χ0) is 10.4. The predicted octanol–water partition coefficient (Wildman–Crippen LogP) is 1.23. The molecule has 0 bridgehead atoms. The number of aliphatic imine (C=N–C) groups is 1. The number of H-pyrrole nitrogens is 1. The van der Waals surface area contributed by atoms with Crippen LogP contribution < -0.4 is 0 Å². The number of aromatic nitrogens is 2. The van der Waals surface area contributed by atoms with E-state index in [1.807, 2.05) is 32.2 Å². The van der Waals surface area contributed by atoms with Gasteiger partial charge in [0.25, 0.3) is 0 Å². The molecule has 78 valence electrons. The van der Waals surface area contributed by atoms with Gasteiger partial charge in [-0.05, 0) is 6.42 Å². The van der Waals surface area contributed by atoms with E-state index in [0.29, 0.717) is 0 Å². The number of amidine groups is 1. The Morgan fingerprint density at radius 1 is 1.64 bits per heavy atom. The van der Waals surface area contributed by atoms with E-state index >= 15 is 0 Å². The van der Waals surface area contributed by atoms with Crippen LogP contribution >= 0.6 is 11.8 Å². The van der Waals surface area contributed by atoms with E-state index in [1.54, 1.807) is 18.1 Å². The van der Waals surface area contributed by atoms with Crippen LogP contribution in [0.4, 0.5) is 0 Å². The highest BCUT2D eigenvalue weighted by Gasteiger charge is 2.01. The number of hydrogen-bond acceptors (Lipinski definition) is 3. The third kappa shape index (κ3) is 3.41. The van der Waals surface area contributed by atoms with Gasteiger partial charge in [-0.3, -0.25) is 4.99 Å². The van der Waals surface area contributed by atoms with E-state index in [1.165, 1.54) is 5.69 Å². The zero-order valence-corrected chi connectivity index (χ0v) is 9.64. The number of aryl methyl sites for hydroxylation is 1. The molecule has 1 rings (SSSR count). The maximum absolute atomic E-state index is 4.19. The van der Waals surface area contributed by atoms with Gasteiger partial charge in [0.1, 0.15) is 0 Å². The summed E-state index contributed by atoms with van der Waals surface area (Å²) in [7, 11) is 5.83. The molecule has 0 unspecified atom stereocenters. The topological polar surface area (TPSA) is 44.3 Å². The third-order valence-corrected chi connectivity index (χ3v) is 2.95. The molecule has 0 aliphatic heterocycles. The minimum atomic E-state index is 0.998. The van der Waals surface area contributed by atoms with Gasteiger partial charge in [0.05, 0.1) is 6.33 Å². The number of aromatic amines is 1. The first-order valence-corrected chi connectivity index (χ1v) is 5.46. The number of thioether (sulfide) groups is 1. The number of imidazole rings is 1. The Morgan fingerprint density at radius 3 is 2.93 bits per heavy atom. The van der Waals surface area contributed by atoms with Crippen LogP contribution in [0.1, 0.15) is 5.69 Å². The molecule has 1 heterocycles. The molecule has 4 nitrogen and oxygen atoms in total. The Kier molecular flexibility index (Phi) is 4.52. The summed E-state index contributed by atoms with van der Waals surface area (Å²) in [5.74, 6) is 1.02. The molecule has 0 spiro atoms. The quantitative estimate of drug-likeness (QED) is 0.605. The Hall–Kier alpha value is -0.970. The molecular weight excluding hydrogens is 196 g/mol. The minimum Gasteiger partial charge on any atom is -0.358 e. The van der Waals surface area contributed by atoms with Crippen molar-refractivity contribution in [3.05, 3.63) is 18.2 Å². The molecule has 0 fully saturated rings. The Bertz CT molecular complexity index is 279. The summed E-state index contributed by atoms with van der Waals surface area (Å²) in [4.78, 5) is 13.3. The van der Waals surface area contributed by atoms with Crippen LogP contribution in [0, 0.1) is 0 Å². The molecule has 5 heteroatoms. The highest BCUT2D eigenvalue weighted by atomic mass is 32.2. The van der Waals surface area contributed by atoms with Crippen molar-refractivity contribution >= 4 is 16.9 Å². The van der Waals surface area contributed by atoms with E-state index in [2.05, 4.69) is 15.0 Å². The van der Waals surface area contributed by atoms with Gasteiger partial charge >= 0.3 is 0 Å². The second-order valence-electron chi connectivity index (χ2n) is 3.08. The van der Waals surface area contributed by atoms with Crippen molar-refractivity contribution in [2.45, 2.75) is 6.42 Å².